The molecule has 212 valence electrons. The molecule has 0 spiro atoms. The number of aryl methyl sites for hydroxylation is 1. The lowest BCUT2D eigenvalue weighted by Crippen LogP contribution is -2.71. The summed E-state index contributed by atoms with van der Waals surface area (Å²) in [4.78, 5) is 64.2. The van der Waals surface area contributed by atoms with Crippen LogP contribution in [-0.2, 0) is 31.1 Å². The molecule has 2 aliphatic heterocycles. The molecule has 40 heavy (non-hydrogen) atoms. The van der Waals surface area contributed by atoms with E-state index >= 15 is 0 Å². The highest BCUT2D eigenvalue weighted by Gasteiger charge is 2.54. The lowest BCUT2D eigenvalue weighted by atomic mass is 10.0. The quantitative estimate of drug-likeness (QED) is 0.0548. The van der Waals surface area contributed by atoms with Crippen LogP contribution in [0.25, 0.3) is 0 Å². The van der Waals surface area contributed by atoms with Crippen LogP contribution in [0.5, 0.6) is 0 Å². The Morgan fingerprint density at radius 3 is 2.73 bits per heavy atom. The summed E-state index contributed by atoms with van der Waals surface area (Å²) in [6.45, 7) is 1.57. The monoisotopic (exact) mass is 609 g/mol. The van der Waals surface area contributed by atoms with E-state index in [0.717, 1.165) is 16.2 Å². The van der Waals surface area contributed by atoms with E-state index in [9.17, 15) is 29.4 Å². The predicted octanol–water partition coefficient (Wildman–Crippen LogP) is -0.358. The molecule has 4 rings (SSSR count). The maximum Gasteiger partial charge on any atom is 0.361 e. The van der Waals surface area contributed by atoms with Crippen LogP contribution in [0.15, 0.2) is 39.2 Å². The van der Waals surface area contributed by atoms with Crippen molar-refractivity contribution < 1.29 is 38.8 Å². The molecular weight excluding hydrogens is 584 g/mol. The molecule has 0 saturated carbocycles. The van der Waals surface area contributed by atoms with Crippen molar-refractivity contribution in [2.45, 2.75) is 36.0 Å². The zero-order valence-electron chi connectivity index (χ0n) is 21.1. The summed E-state index contributed by atoms with van der Waals surface area (Å²) in [5.74, 6) is -3.13. The maximum absolute atomic E-state index is 13.2. The van der Waals surface area contributed by atoms with Gasteiger partial charge in [-0.25, -0.2) is 19.1 Å². The number of nitrogens with zero attached hydrogens (tertiary/aromatic N) is 5. The Balaban J connectivity index is 1.52. The third-order valence-corrected chi connectivity index (χ3v) is 8.95. The SMILES string of the molecule is CC[C@@H](O/N=C(\C(=O)NC1C(=O)N2C(C(=O)O)=C(CSc3nc(N)cc[n+]3C)CS[C@H]12)c1csc(N)n1)C(=O)O. The first-order chi connectivity index (χ1) is 19.0. The predicted molar refractivity (Wildman–Crippen MR) is 146 cm³/mol. The van der Waals surface area contributed by atoms with E-state index in [2.05, 4.69) is 20.4 Å². The first kappa shape index (κ1) is 29.1. The van der Waals surface area contributed by atoms with E-state index in [1.54, 1.807) is 30.8 Å². The number of hydrogen-bond acceptors (Lipinski definition) is 13. The number of amides is 2. The number of fused-ring (bicyclic) bond motifs is 1. The number of carbonyl (C=O) groups is 4. The zero-order valence-corrected chi connectivity index (χ0v) is 23.6. The number of thiazole rings is 1. The molecule has 0 radical (unpaired) electrons. The van der Waals surface area contributed by atoms with Gasteiger partial charge in [0.1, 0.15) is 22.8 Å². The first-order valence-electron chi connectivity index (χ1n) is 11.7. The van der Waals surface area contributed by atoms with E-state index in [0.29, 0.717) is 22.3 Å². The van der Waals surface area contributed by atoms with Crippen LogP contribution in [0.1, 0.15) is 19.0 Å². The molecule has 0 aliphatic carbocycles. The first-order valence-corrected chi connectivity index (χ1v) is 14.6. The van der Waals surface area contributed by atoms with Crippen molar-refractivity contribution in [3.05, 3.63) is 34.6 Å². The molecule has 1 unspecified atom stereocenters. The molecule has 3 atom stereocenters. The second kappa shape index (κ2) is 12.1. The number of anilines is 2. The highest BCUT2D eigenvalue weighted by molar-refractivity contribution is 8.01. The number of rotatable bonds is 11. The van der Waals surface area contributed by atoms with Crippen LogP contribution < -0.4 is 21.4 Å². The van der Waals surface area contributed by atoms with Crippen molar-refractivity contribution in [1.82, 2.24) is 20.2 Å². The molecule has 0 bridgehead atoms. The number of carboxylic acids is 2. The molecule has 1 fully saturated rings. The van der Waals surface area contributed by atoms with Gasteiger partial charge in [0.05, 0.1) is 13.2 Å². The van der Waals surface area contributed by atoms with Gasteiger partial charge in [-0.1, -0.05) is 12.1 Å². The van der Waals surface area contributed by atoms with Crippen LogP contribution in [0.2, 0.25) is 0 Å². The number of oxime groups is 1. The van der Waals surface area contributed by atoms with Gasteiger partial charge in [0.2, 0.25) is 11.9 Å². The fourth-order valence-electron chi connectivity index (χ4n) is 3.78. The summed E-state index contributed by atoms with van der Waals surface area (Å²) in [5, 5.41) is 26.9. The highest BCUT2D eigenvalue weighted by Crippen LogP contribution is 2.41. The molecule has 2 aromatic rings. The van der Waals surface area contributed by atoms with Gasteiger partial charge in [-0.2, -0.15) is 0 Å². The number of carbonyl (C=O) groups excluding carboxylic acids is 2. The summed E-state index contributed by atoms with van der Waals surface area (Å²) in [6.07, 6.45) is 0.512. The third-order valence-electron chi connectivity index (χ3n) is 5.80. The number of aromatic nitrogens is 3. The van der Waals surface area contributed by atoms with Crippen molar-refractivity contribution in [3.63, 3.8) is 0 Å². The van der Waals surface area contributed by atoms with Crippen molar-refractivity contribution in [2.75, 3.05) is 23.0 Å². The summed E-state index contributed by atoms with van der Waals surface area (Å²) in [7, 11) is 1.78. The van der Waals surface area contributed by atoms with Gasteiger partial charge in [0.25, 0.3) is 11.8 Å². The van der Waals surface area contributed by atoms with E-state index in [-0.39, 0.29) is 34.4 Å². The van der Waals surface area contributed by atoms with Gasteiger partial charge in [0, 0.05) is 23.0 Å². The molecule has 7 N–H and O–H groups in total. The number of β-lactam (4-membered cyclic amide) rings is 1. The van der Waals surface area contributed by atoms with Gasteiger partial charge in [-0.3, -0.25) is 14.5 Å². The number of hydrogen-bond donors (Lipinski definition) is 5. The van der Waals surface area contributed by atoms with Crippen molar-refractivity contribution in [2.24, 2.45) is 12.2 Å². The summed E-state index contributed by atoms with van der Waals surface area (Å²) in [5.41, 5.74) is 11.5. The van der Waals surface area contributed by atoms with Crippen LogP contribution in [-0.4, -0.2) is 83.6 Å². The standard InChI is InChI=1S/C22H24N8O7S3/c1-3-11(19(33)34)37-28-13(10-8-39-21(24)25-10)16(31)27-14-17(32)30-15(20(35)36)9(6-38-18(14)30)7-40-22-26-12(23)4-5-29(22)2/h4-5,8,11,14,18,23H,3,6-7H2,1-2H3,(H5,24,25,27,31,33,34,35,36)/p+1/b28-13-/t11-,14?,18-/m1/s1. The minimum Gasteiger partial charge on any atom is -0.478 e. The van der Waals surface area contributed by atoms with E-state index in [1.165, 1.54) is 28.9 Å². The van der Waals surface area contributed by atoms with Gasteiger partial charge >= 0.3 is 17.1 Å². The lowest BCUT2D eigenvalue weighted by Gasteiger charge is -2.49. The second-order valence-corrected chi connectivity index (χ2v) is 11.4. The molecule has 15 nitrogen and oxygen atoms in total. The maximum atomic E-state index is 13.2. The van der Waals surface area contributed by atoms with Crippen LogP contribution in [0.3, 0.4) is 0 Å². The third kappa shape index (κ3) is 5.97. The molecule has 0 aromatic carbocycles. The van der Waals surface area contributed by atoms with Crippen molar-refractivity contribution in [3.8, 4) is 0 Å². The molecule has 2 amide bonds. The number of nitrogens with two attached hydrogens (primary N) is 2. The second-order valence-electron chi connectivity index (χ2n) is 8.50. The minimum absolute atomic E-state index is 0.0360. The Bertz CT molecular complexity index is 1430. The van der Waals surface area contributed by atoms with Gasteiger partial charge in [-0.15, -0.1) is 23.1 Å². The van der Waals surface area contributed by atoms with Gasteiger partial charge < -0.3 is 31.8 Å². The summed E-state index contributed by atoms with van der Waals surface area (Å²) >= 11 is 3.61. The molecule has 2 aromatic heterocycles. The highest BCUT2D eigenvalue weighted by atomic mass is 32.2. The summed E-state index contributed by atoms with van der Waals surface area (Å²) < 4.78 is 1.75. The Morgan fingerprint density at radius 1 is 1.35 bits per heavy atom. The number of thioether (sulfide) groups is 2. The molecule has 18 heteroatoms. The van der Waals surface area contributed by atoms with E-state index in [4.69, 9.17) is 16.3 Å². The van der Waals surface area contributed by atoms with Gasteiger partial charge in [0.15, 0.2) is 10.8 Å². The number of nitrogens with one attached hydrogen (secondary N) is 1. The molecule has 2 aliphatic rings. The Kier molecular flexibility index (Phi) is 8.79. The fraction of sp³-hybridized carbons (Fsp3) is 0.364. The largest absolute Gasteiger partial charge is 0.478 e. The normalized spacial score (nSPS) is 19.5. The average molecular weight is 610 g/mol. The van der Waals surface area contributed by atoms with Crippen molar-refractivity contribution in [1.29, 1.82) is 0 Å². The Morgan fingerprint density at radius 2 is 2.10 bits per heavy atom. The lowest BCUT2D eigenvalue weighted by molar-refractivity contribution is -0.713. The molecule has 1 saturated heterocycles. The Labute approximate surface area is 239 Å². The summed E-state index contributed by atoms with van der Waals surface area (Å²) in [6, 6.07) is 0.581. The van der Waals surface area contributed by atoms with Crippen LogP contribution in [0.4, 0.5) is 10.9 Å². The molecular formula is C22H25N8O7S3+. The fourth-order valence-corrected chi connectivity index (χ4v) is 6.78. The zero-order chi connectivity index (χ0) is 29.1. The van der Waals surface area contributed by atoms with E-state index in [1.807, 2.05) is 0 Å². The Hall–Kier alpha value is -3.90. The van der Waals surface area contributed by atoms with E-state index < -0.39 is 41.3 Å². The van der Waals surface area contributed by atoms with Gasteiger partial charge in [-0.05, 0) is 28.7 Å². The van der Waals surface area contributed by atoms with Crippen LogP contribution >= 0.6 is 34.9 Å². The number of aliphatic carboxylic acids is 2. The number of nitrogen functional groups attached to an aromatic ring is 2. The minimum atomic E-state index is -1.31. The molecule has 4 heterocycles. The van der Waals surface area contributed by atoms with Crippen LogP contribution in [0, 0.1) is 0 Å². The average Bonchev–Trinajstić information content (AvgIpc) is 3.34. The van der Waals surface area contributed by atoms with Crippen molar-refractivity contribution >= 4 is 75.3 Å². The topological polar surface area (TPSA) is 227 Å². The smallest absolute Gasteiger partial charge is 0.361 e. The number of carboxylic acid groups (broad SMARTS) is 2.